The fraction of sp³-hybridized carbons (Fsp3) is 0.312. The molecule has 0 aliphatic heterocycles. The summed E-state index contributed by atoms with van der Waals surface area (Å²) in [4.78, 5) is 4.02. The maximum atomic E-state index is 5.96. The van der Waals surface area contributed by atoms with Crippen LogP contribution >= 0.6 is 0 Å². The highest BCUT2D eigenvalue weighted by atomic mass is 16.5. The largest absolute Gasteiger partial charge is 0.493 e. The van der Waals surface area contributed by atoms with E-state index in [2.05, 4.69) is 35.4 Å². The van der Waals surface area contributed by atoms with Crippen LogP contribution in [0.3, 0.4) is 0 Å². The smallest absolute Gasteiger partial charge is 0.126 e. The summed E-state index contributed by atoms with van der Waals surface area (Å²) in [6.45, 7) is 3.60. The van der Waals surface area contributed by atoms with Crippen molar-refractivity contribution in [2.24, 2.45) is 0 Å². The first kappa shape index (κ1) is 13.6. The van der Waals surface area contributed by atoms with Crippen molar-refractivity contribution in [3.63, 3.8) is 0 Å². The Balaban J connectivity index is 1.99. The maximum absolute atomic E-state index is 5.96. The molecule has 3 heteroatoms. The summed E-state index contributed by atoms with van der Waals surface area (Å²) in [5.74, 6) is 1.01. The number of aryl methyl sites for hydroxylation is 1. The molecule has 3 nitrogen and oxygen atoms in total. The molecule has 0 aliphatic rings. The van der Waals surface area contributed by atoms with Crippen LogP contribution in [0.15, 0.2) is 42.7 Å². The Morgan fingerprint density at radius 3 is 2.68 bits per heavy atom. The molecular weight excluding hydrogens is 236 g/mol. The second-order valence-corrected chi connectivity index (χ2v) is 4.55. The second-order valence-electron chi connectivity index (χ2n) is 4.55. The summed E-state index contributed by atoms with van der Waals surface area (Å²) >= 11 is 0. The predicted octanol–water partition coefficient (Wildman–Crippen LogP) is 2.73. The molecule has 0 amide bonds. The molecule has 19 heavy (non-hydrogen) atoms. The molecule has 0 aliphatic carbocycles. The van der Waals surface area contributed by atoms with E-state index in [0.717, 1.165) is 18.7 Å². The normalized spacial score (nSPS) is 10.4. The maximum Gasteiger partial charge on any atom is 0.126 e. The molecule has 1 aromatic carbocycles. The lowest BCUT2D eigenvalue weighted by molar-refractivity contribution is 0.316. The van der Waals surface area contributed by atoms with E-state index in [9.17, 15) is 0 Å². The van der Waals surface area contributed by atoms with Gasteiger partial charge in [-0.15, -0.1) is 0 Å². The van der Waals surface area contributed by atoms with Crippen LogP contribution in [0.5, 0.6) is 5.75 Å². The van der Waals surface area contributed by atoms with Crippen molar-refractivity contribution >= 4 is 0 Å². The molecule has 2 rings (SSSR count). The molecule has 1 heterocycles. The standard InChI is InChI=1S/C16H20N2O/c1-13-4-3-5-15(12-17-2)16(13)19-11-8-14-6-9-18-10-7-14/h3-7,9-10,17H,8,11-12H2,1-2H3. The van der Waals surface area contributed by atoms with Gasteiger partial charge < -0.3 is 10.1 Å². The Bertz CT molecular complexity index is 511. The van der Waals surface area contributed by atoms with Crippen LogP contribution in [0.2, 0.25) is 0 Å². The lowest BCUT2D eigenvalue weighted by Crippen LogP contribution is -2.10. The topological polar surface area (TPSA) is 34.1 Å². The van der Waals surface area contributed by atoms with Crippen LogP contribution in [0.1, 0.15) is 16.7 Å². The van der Waals surface area contributed by atoms with Crippen LogP contribution in [0, 0.1) is 6.92 Å². The highest BCUT2D eigenvalue weighted by molar-refractivity contribution is 5.40. The van der Waals surface area contributed by atoms with Gasteiger partial charge in [0.1, 0.15) is 5.75 Å². The number of nitrogens with one attached hydrogen (secondary N) is 1. The minimum absolute atomic E-state index is 0.686. The van der Waals surface area contributed by atoms with E-state index >= 15 is 0 Å². The third kappa shape index (κ3) is 3.80. The molecule has 0 atom stereocenters. The van der Waals surface area contributed by atoms with Crippen molar-refractivity contribution in [1.82, 2.24) is 10.3 Å². The molecule has 1 aromatic heterocycles. The minimum Gasteiger partial charge on any atom is -0.493 e. The molecule has 0 radical (unpaired) electrons. The fourth-order valence-corrected chi connectivity index (χ4v) is 2.07. The summed E-state index contributed by atoms with van der Waals surface area (Å²) < 4.78 is 5.96. The van der Waals surface area contributed by atoms with Gasteiger partial charge in [-0.3, -0.25) is 4.98 Å². The van der Waals surface area contributed by atoms with E-state index in [1.165, 1.54) is 16.7 Å². The van der Waals surface area contributed by atoms with E-state index < -0.39 is 0 Å². The molecule has 2 aromatic rings. The van der Waals surface area contributed by atoms with Gasteiger partial charge in [0.05, 0.1) is 6.61 Å². The average Bonchev–Trinajstić information content (AvgIpc) is 2.43. The van der Waals surface area contributed by atoms with Gasteiger partial charge in [0.2, 0.25) is 0 Å². The van der Waals surface area contributed by atoms with Gasteiger partial charge in [0.15, 0.2) is 0 Å². The number of hydrogen-bond acceptors (Lipinski definition) is 3. The summed E-state index contributed by atoms with van der Waals surface area (Å²) in [6.07, 6.45) is 4.53. The fourth-order valence-electron chi connectivity index (χ4n) is 2.07. The van der Waals surface area contributed by atoms with E-state index in [4.69, 9.17) is 4.74 Å². The summed E-state index contributed by atoms with van der Waals surface area (Å²) in [5.41, 5.74) is 3.64. The number of para-hydroxylation sites is 1. The zero-order valence-electron chi connectivity index (χ0n) is 11.5. The average molecular weight is 256 g/mol. The molecule has 0 fully saturated rings. The number of benzene rings is 1. The van der Waals surface area contributed by atoms with E-state index in [1.54, 1.807) is 0 Å². The van der Waals surface area contributed by atoms with Gasteiger partial charge in [0.25, 0.3) is 0 Å². The Labute approximate surface area is 114 Å². The molecule has 100 valence electrons. The minimum atomic E-state index is 0.686. The first-order valence-electron chi connectivity index (χ1n) is 6.56. The van der Waals surface area contributed by atoms with Gasteiger partial charge in [-0.25, -0.2) is 0 Å². The van der Waals surface area contributed by atoms with Gasteiger partial charge in [0, 0.05) is 30.9 Å². The number of ether oxygens (including phenoxy) is 1. The van der Waals surface area contributed by atoms with Gasteiger partial charge in [-0.05, 0) is 37.2 Å². The number of nitrogens with zero attached hydrogens (tertiary/aromatic N) is 1. The van der Waals surface area contributed by atoms with Crippen LogP contribution in [0.25, 0.3) is 0 Å². The predicted molar refractivity (Wildman–Crippen MR) is 77.4 cm³/mol. The summed E-state index contributed by atoms with van der Waals surface area (Å²) in [5, 5.41) is 3.17. The lowest BCUT2D eigenvalue weighted by atomic mass is 10.1. The van der Waals surface area contributed by atoms with Crippen LogP contribution in [-0.4, -0.2) is 18.6 Å². The van der Waals surface area contributed by atoms with Crippen LogP contribution in [-0.2, 0) is 13.0 Å². The molecule has 0 saturated heterocycles. The first-order chi connectivity index (χ1) is 9.31. The summed E-state index contributed by atoms with van der Waals surface area (Å²) in [7, 11) is 1.95. The van der Waals surface area contributed by atoms with Crippen molar-refractivity contribution in [2.75, 3.05) is 13.7 Å². The Kier molecular flexibility index (Phi) is 4.93. The van der Waals surface area contributed by atoms with Crippen molar-refractivity contribution in [2.45, 2.75) is 19.9 Å². The van der Waals surface area contributed by atoms with Crippen molar-refractivity contribution in [3.05, 3.63) is 59.4 Å². The molecule has 0 saturated carbocycles. The molecule has 0 unspecified atom stereocenters. The highest BCUT2D eigenvalue weighted by Crippen LogP contribution is 2.23. The van der Waals surface area contributed by atoms with Crippen LogP contribution < -0.4 is 10.1 Å². The van der Waals surface area contributed by atoms with E-state index in [0.29, 0.717) is 6.61 Å². The van der Waals surface area contributed by atoms with Gasteiger partial charge in [-0.2, -0.15) is 0 Å². The quantitative estimate of drug-likeness (QED) is 0.863. The van der Waals surface area contributed by atoms with Crippen LogP contribution in [0.4, 0.5) is 0 Å². The Morgan fingerprint density at radius 1 is 1.16 bits per heavy atom. The third-order valence-electron chi connectivity index (χ3n) is 3.05. The van der Waals surface area contributed by atoms with Gasteiger partial charge in [-0.1, -0.05) is 18.2 Å². The number of rotatable bonds is 6. The SMILES string of the molecule is CNCc1cccc(C)c1OCCc1ccncc1. The Hall–Kier alpha value is -1.87. The van der Waals surface area contributed by atoms with E-state index in [1.807, 2.05) is 31.6 Å². The zero-order chi connectivity index (χ0) is 13.5. The molecule has 1 N–H and O–H groups in total. The first-order valence-corrected chi connectivity index (χ1v) is 6.56. The lowest BCUT2D eigenvalue weighted by Gasteiger charge is -2.14. The summed E-state index contributed by atoms with van der Waals surface area (Å²) in [6, 6.07) is 10.3. The monoisotopic (exact) mass is 256 g/mol. The molecular formula is C16H20N2O. The highest BCUT2D eigenvalue weighted by Gasteiger charge is 2.06. The van der Waals surface area contributed by atoms with E-state index in [-0.39, 0.29) is 0 Å². The molecule has 0 bridgehead atoms. The Morgan fingerprint density at radius 2 is 1.95 bits per heavy atom. The third-order valence-corrected chi connectivity index (χ3v) is 3.05. The second kappa shape index (κ2) is 6.90. The van der Waals surface area contributed by atoms with Crippen molar-refractivity contribution < 1.29 is 4.74 Å². The molecule has 0 spiro atoms. The number of pyridine rings is 1. The van der Waals surface area contributed by atoms with Gasteiger partial charge >= 0.3 is 0 Å². The van der Waals surface area contributed by atoms with Crippen molar-refractivity contribution in [1.29, 1.82) is 0 Å². The zero-order valence-corrected chi connectivity index (χ0v) is 11.5. The number of hydrogen-bond donors (Lipinski definition) is 1. The number of aromatic nitrogens is 1. The van der Waals surface area contributed by atoms with Crippen molar-refractivity contribution in [3.8, 4) is 5.75 Å².